The van der Waals surface area contributed by atoms with Gasteiger partial charge < -0.3 is 14.8 Å². The highest BCUT2D eigenvalue weighted by molar-refractivity contribution is 7.89. The van der Waals surface area contributed by atoms with Crippen molar-refractivity contribution in [2.45, 2.75) is 50.3 Å². The predicted molar refractivity (Wildman–Crippen MR) is 130 cm³/mol. The molecule has 0 saturated carbocycles. The van der Waals surface area contributed by atoms with E-state index in [1.807, 2.05) is 0 Å². The minimum atomic E-state index is -3.68. The van der Waals surface area contributed by atoms with Crippen LogP contribution in [-0.4, -0.2) is 56.9 Å². The SMILES string of the molecule is CCOC(=O)c1c(NC(=O)COC(=O)c2cccc(S(=O)(=O)N3CCCC3)c2)sc2c1CCCC2. The Hall–Kier alpha value is -2.76. The normalized spacial score (nSPS) is 15.9. The zero-order valence-electron chi connectivity index (χ0n) is 19.5. The van der Waals surface area contributed by atoms with Gasteiger partial charge in [0, 0.05) is 18.0 Å². The smallest absolute Gasteiger partial charge is 0.341 e. The lowest BCUT2D eigenvalue weighted by atomic mass is 9.95. The number of anilines is 1. The van der Waals surface area contributed by atoms with E-state index in [9.17, 15) is 22.8 Å². The first-order valence-corrected chi connectivity index (χ1v) is 14.0. The first-order valence-electron chi connectivity index (χ1n) is 11.7. The van der Waals surface area contributed by atoms with Crippen molar-refractivity contribution in [3.8, 4) is 0 Å². The molecule has 0 spiro atoms. The highest BCUT2D eigenvalue weighted by Crippen LogP contribution is 2.38. The Morgan fingerprint density at radius 1 is 1.03 bits per heavy atom. The molecule has 2 aromatic rings. The summed E-state index contributed by atoms with van der Waals surface area (Å²) in [6.07, 6.45) is 5.19. The lowest BCUT2D eigenvalue weighted by Gasteiger charge is -2.15. The van der Waals surface area contributed by atoms with Gasteiger partial charge in [0.1, 0.15) is 5.00 Å². The number of fused-ring (bicyclic) bond motifs is 1. The van der Waals surface area contributed by atoms with E-state index < -0.39 is 34.5 Å². The number of rotatable bonds is 8. The van der Waals surface area contributed by atoms with Crippen molar-refractivity contribution >= 4 is 44.2 Å². The van der Waals surface area contributed by atoms with E-state index in [1.54, 1.807) is 6.92 Å². The van der Waals surface area contributed by atoms with Crippen molar-refractivity contribution in [1.82, 2.24) is 4.31 Å². The number of thiophene rings is 1. The summed E-state index contributed by atoms with van der Waals surface area (Å²) in [5.41, 5.74) is 1.34. The van der Waals surface area contributed by atoms with Gasteiger partial charge in [0.25, 0.3) is 5.91 Å². The quantitative estimate of drug-likeness (QED) is 0.530. The molecule has 1 aromatic carbocycles. The fraction of sp³-hybridized carbons (Fsp3) is 0.458. The van der Waals surface area contributed by atoms with Gasteiger partial charge in [-0.3, -0.25) is 4.79 Å². The van der Waals surface area contributed by atoms with Crippen LogP contribution in [0.2, 0.25) is 0 Å². The molecule has 2 aliphatic rings. The molecule has 0 radical (unpaired) electrons. The average molecular weight is 521 g/mol. The van der Waals surface area contributed by atoms with E-state index in [2.05, 4.69) is 5.32 Å². The minimum Gasteiger partial charge on any atom is -0.462 e. The van der Waals surface area contributed by atoms with E-state index in [4.69, 9.17) is 9.47 Å². The van der Waals surface area contributed by atoms with Crippen LogP contribution in [0.4, 0.5) is 5.00 Å². The second-order valence-corrected chi connectivity index (χ2v) is 11.4. The molecule has 4 rings (SSSR count). The van der Waals surface area contributed by atoms with Crippen molar-refractivity contribution in [2.75, 3.05) is 31.6 Å². The predicted octanol–water partition coefficient (Wildman–Crippen LogP) is 3.38. The second-order valence-electron chi connectivity index (χ2n) is 8.40. The van der Waals surface area contributed by atoms with Gasteiger partial charge >= 0.3 is 11.9 Å². The van der Waals surface area contributed by atoms with Crippen molar-refractivity contribution in [2.24, 2.45) is 0 Å². The molecule has 1 amide bonds. The number of sulfonamides is 1. The number of benzene rings is 1. The van der Waals surface area contributed by atoms with Crippen LogP contribution in [0, 0.1) is 0 Å². The number of aryl methyl sites for hydroxylation is 1. The summed E-state index contributed by atoms with van der Waals surface area (Å²) < 4.78 is 37.3. The summed E-state index contributed by atoms with van der Waals surface area (Å²) in [6, 6.07) is 5.61. The third-order valence-electron chi connectivity index (χ3n) is 6.01. The van der Waals surface area contributed by atoms with Crippen molar-refractivity contribution in [3.05, 3.63) is 45.8 Å². The Bertz CT molecular complexity index is 1230. The van der Waals surface area contributed by atoms with E-state index in [1.165, 1.54) is 39.9 Å². The van der Waals surface area contributed by atoms with Crippen LogP contribution in [0.3, 0.4) is 0 Å². The third-order valence-corrected chi connectivity index (χ3v) is 9.11. The Labute approximate surface area is 208 Å². The maximum Gasteiger partial charge on any atom is 0.341 e. The van der Waals surface area contributed by atoms with Crippen LogP contribution in [0.15, 0.2) is 29.2 Å². The fourth-order valence-electron chi connectivity index (χ4n) is 4.31. The Morgan fingerprint density at radius 2 is 1.77 bits per heavy atom. The summed E-state index contributed by atoms with van der Waals surface area (Å²) in [7, 11) is -3.68. The monoisotopic (exact) mass is 520 g/mol. The largest absolute Gasteiger partial charge is 0.462 e. The van der Waals surface area contributed by atoms with Crippen molar-refractivity contribution in [3.63, 3.8) is 0 Å². The lowest BCUT2D eigenvalue weighted by molar-refractivity contribution is -0.119. The van der Waals surface area contributed by atoms with E-state index in [0.717, 1.165) is 49.0 Å². The van der Waals surface area contributed by atoms with Crippen LogP contribution in [0.1, 0.15) is 63.8 Å². The van der Waals surface area contributed by atoms with Crippen LogP contribution in [0.25, 0.3) is 0 Å². The molecule has 1 aliphatic carbocycles. The summed E-state index contributed by atoms with van der Waals surface area (Å²) in [5, 5.41) is 3.08. The number of hydrogen-bond acceptors (Lipinski definition) is 8. The number of esters is 2. The van der Waals surface area contributed by atoms with Crippen molar-refractivity contribution in [1.29, 1.82) is 0 Å². The molecule has 0 bridgehead atoms. The highest BCUT2D eigenvalue weighted by Gasteiger charge is 2.29. The number of amides is 1. The molecule has 1 N–H and O–H groups in total. The van der Waals surface area contributed by atoms with E-state index in [-0.39, 0.29) is 17.1 Å². The summed E-state index contributed by atoms with van der Waals surface area (Å²) >= 11 is 1.35. The van der Waals surface area contributed by atoms with Gasteiger partial charge in [0.2, 0.25) is 10.0 Å². The van der Waals surface area contributed by atoms with E-state index >= 15 is 0 Å². The summed E-state index contributed by atoms with van der Waals surface area (Å²) in [4.78, 5) is 38.7. The first-order chi connectivity index (χ1) is 16.8. The molecule has 0 atom stereocenters. The Balaban J connectivity index is 1.42. The average Bonchev–Trinajstić information content (AvgIpc) is 3.51. The van der Waals surface area contributed by atoms with Crippen LogP contribution in [0.5, 0.6) is 0 Å². The zero-order valence-corrected chi connectivity index (χ0v) is 21.1. The van der Waals surface area contributed by atoms with E-state index in [0.29, 0.717) is 23.7 Å². The lowest BCUT2D eigenvalue weighted by Crippen LogP contribution is -2.28. The number of nitrogens with zero attached hydrogens (tertiary/aromatic N) is 1. The highest BCUT2D eigenvalue weighted by atomic mass is 32.2. The molecule has 35 heavy (non-hydrogen) atoms. The maximum atomic E-state index is 12.8. The Kier molecular flexibility index (Phi) is 7.88. The van der Waals surface area contributed by atoms with Gasteiger partial charge in [-0.1, -0.05) is 6.07 Å². The molecule has 188 valence electrons. The van der Waals surface area contributed by atoms with Gasteiger partial charge in [-0.25, -0.2) is 18.0 Å². The summed E-state index contributed by atoms with van der Waals surface area (Å²) in [6.45, 7) is 2.28. The molecular formula is C24H28N2O7S2. The number of carbonyl (C=O) groups excluding carboxylic acids is 3. The topological polar surface area (TPSA) is 119 Å². The maximum absolute atomic E-state index is 12.8. The molecule has 1 fully saturated rings. The molecule has 2 heterocycles. The third kappa shape index (κ3) is 5.57. The zero-order chi connectivity index (χ0) is 25.0. The fourth-order valence-corrected chi connectivity index (χ4v) is 7.17. The minimum absolute atomic E-state index is 0.0153. The molecule has 0 unspecified atom stereocenters. The number of hydrogen-bond donors (Lipinski definition) is 1. The van der Waals surface area contributed by atoms with Gasteiger partial charge in [0.15, 0.2) is 6.61 Å². The number of ether oxygens (including phenoxy) is 2. The summed E-state index contributed by atoms with van der Waals surface area (Å²) in [5.74, 6) is -1.88. The van der Waals surface area contributed by atoms with Crippen molar-refractivity contribution < 1.29 is 32.3 Å². The first kappa shape index (κ1) is 25.3. The van der Waals surface area contributed by atoms with Gasteiger partial charge in [-0.15, -0.1) is 11.3 Å². The Morgan fingerprint density at radius 3 is 2.51 bits per heavy atom. The molecule has 9 nitrogen and oxygen atoms in total. The van der Waals surface area contributed by atoms with Crippen LogP contribution < -0.4 is 5.32 Å². The molecular weight excluding hydrogens is 492 g/mol. The van der Waals surface area contributed by atoms with Crippen LogP contribution in [-0.2, 0) is 37.1 Å². The van der Waals surface area contributed by atoms with Gasteiger partial charge in [-0.2, -0.15) is 4.31 Å². The number of nitrogens with one attached hydrogen (secondary N) is 1. The van der Waals surface area contributed by atoms with Gasteiger partial charge in [-0.05, 0) is 69.2 Å². The molecule has 11 heteroatoms. The van der Waals surface area contributed by atoms with Crippen LogP contribution >= 0.6 is 11.3 Å². The molecule has 1 aromatic heterocycles. The second kappa shape index (κ2) is 10.9. The number of carbonyl (C=O) groups is 3. The molecule has 1 saturated heterocycles. The standard InChI is InChI=1S/C24H28N2O7S2/c1-2-32-24(29)21-18-10-3-4-11-19(18)34-22(21)25-20(27)15-33-23(28)16-8-7-9-17(14-16)35(30,31)26-12-5-6-13-26/h7-9,14H,2-6,10-13,15H2,1H3,(H,25,27). The molecule has 1 aliphatic heterocycles. The van der Waals surface area contributed by atoms with Gasteiger partial charge in [0.05, 0.1) is 22.6 Å².